The highest BCUT2D eigenvalue weighted by molar-refractivity contribution is 7.21. The SMILES string of the molecule is COC(=O)c1sc2nccnc2c1NC(=O)c1ccc(OC)c(Cl)c1. The number of esters is 1. The van der Waals surface area contributed by atoms with Crippen LogP contribution < -0.4 is 10.1 Å². The van der Waals surface area contributed by atoms with Crippen molar-refractivity contribution in [2.75, 3.05) is 19.5 Å². The van der Waals surface area contributed by atoms with Gasteiger partial charge in [0.25, 0.3) is 5.91 Å². The second-order valence-electron chi connectivity index (χ2n) is 4.81. The summed E-state index contributed by atoms with van der Waals surface area (Å²) in [7, 11) is 2.75. The monoisotopic (exact) mass is 377 g/mol. The van der Waals surface area contributed by atoms with E-state index in [4.69, 9.17) is 21.1 Å². The Bertz CT molecular complexity index is 973. The van der Waals surface area contributed by atoms with Gasteiger partial charge in [0.05, 0.1) is 24.9 Å². The number of amides is 1. The summed E-state index contributed by atoms with van der Waals surface area (Å²) < 4.78 is 9.84. The molecule has 3 rings (SSSR count). The number of hydrogen-bond donors (Lipinski definition) is 1. The Hall–Kier alpha value is -2.71. The van der Waals surface area contributed by atoms with Crippen molar-refractivity contribution in [1.29, 1.82) is 0 Å². The number of fused-ring (bicyclic) bond motifs is 1. The molecule has 128 valence electrons. The van der Waals surface area contributed by atoms with Crippen LogP contribution in [0.2, 0.25) is 5.02 Å². The Morgan fingerprint density at radius 2 is 1.96 bits per heavy atom. The number of benzene rings is 1. The molecule has 0 unspecified atom stereocenters. The molecule has 0 aliphatic heterocycles. The molecule has 2 heterocycles. The fourth-order valence-corrected chi connectivity index (χ4v) is 3.40. The molecule has 9 heteroatoms. The lowest BCUT2D eigenvalue weighted by molar-refractivity contribution is 0.0607. The molecule has 1 N–H and O–H groups in total. The van der Waals surface area contributed by atoms with E-state index in [1.165, 1.54) is 32.7 Å². The summed E-state index contributed by atoms with van der Waals surface area (Å²) >= 11 is 7.15. The van der Waals surface area contributed by atoms with Crippen LogP contribution in [0.5, 0.6) is 5.75 Å². The predicted octanol–water partition coefficient (Wildman–Crippen LogP) is 3.39. The number of methoxy groups -OCH3 is 2. The number of carbonyl (C=O) groups excluding carboxylic acids is 2. The van der Waals surface area contributed by atoms with E-state index in [-0.39, 0.29) is 10.6 Å². The third kappa shape index (κ3) is 3.26. The standard InChI is InChI=1S/C16H12ClN3O4S/c1-23-10-4-3-8(7-9(10)17)14(21)20-11-12-15(19-6-5-18-12)25-13(11)16(22)24-2/h3-7H,1-2H3,(H,20,21). The molecular weight excluding hydrogens is 366 g/mol. The van der Waals surface area contributed by atoms with E-state index in [9.17, 15) is 9.59 Å². The van der Waals surface area contributed by atoms with Gasteiger partial charge >= 0.3 is 5.97 Å². The van der Waals surface area contributed by atoms with Gasteiger partial charge in [0.2, 0.25) is 0 Å². The van der Waals surface area contributed by atoms with Crippen molar-refractivity contribution in [2.24, 2.45) is 0 Å². The van der Waals surface area contributed by atoms with Crippen LogP contribution >= 0.6 is 22.9 Å². The van der Waals surface area contributed by atoms with E-state index >= 15 is 0 Å². The van der Waals surface area contributed by atoms with Crippen LogP contribution in [-0.2, 0) is 4.74 Å². The number of hydrogen-bond acceptors (Lipinski definition) is 7. The van der Waals surface area contributed by atoms with E-state index in [0.29, 0.717) is 26.7 Å². The van der Waals surface area contributed by atoms with Crippen LogP contribution in [0.1, 0.15) is 20.0 Å². The van der Waals surface area contributed by atoms with Gasteiger partial charge in [-0.3, -0.25) is 4.79 Å². The van der Waals surface area contributed by atoms with E-state index in [1.807, 2.05) is 0 Å². The van der Waals surface area contributed by atoms with Crippen molar-refractivity contribution >= 4 is 50.8 Å². The smallest absolute Gasteiger partial charge is 0.350 e. The van der Waals surface area contributed by atoms with Gasteiger partial charge < -0.3 is 14.8 Å². The van der Waals surface area contributed by atoms with E-state index < -0.39 is 11.9 Å². The zero-order chi connectivity index (χ0) is 18.0. The zero-order valence-corrected chi connectivity index (χ0v) is 14.8. The van der Waals surface area contributed by atoms with Gasteiger partial charge in [-0.25, -0.2) is 14.8 Å². The summed E-state index contributed by atoms with van der Waals surface area (Å²) in [5.41, 5.74) is 0.989. The van der Waals surface area contributed by atoms with Crippen molar-refractivity contribution in [1.82, 2.24) is 9.97 Å². The molecule has 0 spiro atoms. The molecule has 7 nitrogen and oxygen atoms in total. The first-order chi connectivity index (χ1) is 12.0. The fourth-order valence-electron chi connectivity index (χ4n) is 2.17. The lowest BCUT2D eigenvalue weighted by Gasteiger charge is -2.08. The number of aromatic nitrogens is 2. The lowest BCUT2D eigenvalue weighted by Crippen LogP contribution is -2.14. The van der Waals surface area contributed by atoms with Gasteiger partial charge in [-0.1, -0.05) is 11.6 Å². The predicted molar refractivity (Wildman–Crippen MR) is 94.7 cm³/mol. The third-order valence-electron chi connectivity index (χ3n) is 3.35. The minimum atomic E-state index is -0.576. The fraction of sp³-hybridized carbons (Fsp3) is 0.125. The van der Waals surface area contributed by atoms with E-state index in [1.54, 1.807) is 12.1 Å². The van der Waals surface area contributed by atoms with E-state index in [2.05, 4.69) is 15.3 Å². The summed E-state index contributed by atoms with van der Waals surface area (Å²) in [5, 5.41) is 3.00. The molecular formula is C16H12ClN3O4S. The average molecular weight is 378 g/mol. The third-order valence-corrected chi connectivity index (χ3v) is 4.71. The Labute approximate surface area is 151 Å². The molecule has 1 aromatic carbocycles. The average Bonchev–Trinajstić information content (AvgIpc) is 2.99. The molecule has 3 aromatic rings. The summed E-state index contributed by atoms with van der Waals surface area (Å²) in [4.78, 5) is 33.7. The van der Waals surface area contributed by atoms with Crippen LogP contribution in [0.25, 0.3) is 10.3 Å². The van der Waals surface area contributed by atoms with Gasteiger partial charge in [0.1, 0.15) is 21.0 Å². The normalized spacial score (nSPS) is 10.5. The molecule has 0 aliphatic carbocycles. The van der Waals surface area contributed by atoms with E-state index in [0.717, 1.165) is 11.3 Å². The number of ether oxygens (including phenoxy) is 2. The van der Waals surface area contributed by atoms with Crippen LogP contribution in [-0.4, -0.2) is 36.1 Å². The Kier molecular flexibility index (Phi) is 4.82. The molecule has 0 aliphatic rings. The topological polar surface area (TPSA) is 90.4 Å². The molecule has 0 atom stereocenters. The summed E-state index contributed by atoms with van der Waals surface area (Å²) in [6.07, 6.45) is 2.99. The maximum absolute atomic E-state index is 12.6. The van der Waals surface area contributed by atoms with Crippen LogP contribution in [0.3, 0.4) is 0 Å². The van der Waals surface area contributed by atoms with Gasteiger partial charge in [-0.15, -0.1) is 11.3 Å². The Morgan fingerprint density at radius 1 is 1.20 bits per heavy atom. The minimum Gasteiger partial charge on any atom is -0.495 e. The zero-order valence-electron chi connectivity index (χ0n) is 13.2. The first-order valence-corrected chi connectivity index (χ1v) is 8.21. The Morgan fingerprint density at radius 3 is 2.64 bits per heavy atom. The molecule has 2 aromatic heterocycles. The van der Waals surface area contributed by atoms with Crippen molar-refractivity contribution in [2.45, 2.75) is 0 Å². The second kappa shape index (κ2) is 7.04. The van der Waals surface area contributed by atoms with Crippen molar-refractivity contribution in [3.8, 4) is 5.75 Å². The Balaban J connectivity index is 2.00. The first-order valence-electron chi connectivity index (χ1n) is 7.02. The lowest BCUT2D eigenvalue weighted by atomic mass is 10.2. The largest absolute Gasteiger partial charge is 0.495 e. The molecule has 0 radical (unpaired) electrons. The van der Waals surface area contributed by atoms with Crippen molar-refractivity contribution in [3.05, 3.63) is 46.1 Å². The highest BCUT2D eigenvalue weighted by Gasteiger charge is 2.23. The highest BCUT2D eigenvalue weighted by Crippen LogP contribution is 2.34. The number of thiophene rings is 1. The van der Waals surface area contributed by atoms with Crippen molar-refractivity contribution < 1.29 is 19.1 Å². The highest BCUT2D eigenvalue weighted by atomic mass is 35.5. The maximum atomic E-state index is 12.6. The maximum Gasteiger partial charge on any atom is 0.350 e. The molecule has 0 saturated heterocycles. The molecule has 25 heavy (non-hydrogen) atoms. The number of rotatable bonds is 4. The van der Waals surface area contributed by atoms with Gasteiger partial charge in [0.15, 0.2) is 0 Å². The first kappa shape index (κ1) is 17.1. The summed E-state index contributed by atoms with van der Waals surface area (Å²) in [5.74, 6) is -0.562. The quantitative estimate of drug-likeness (QED) is 0.701. The molecule has 1 amide bonds. The molecule has 0 saturated carbocycles. The number of nitrogens with one attached hydrogen (secondary N) is 1. The van der Waals surface area contributed by atoms with Crippen LogP contribution in [0.4, 0.5) is 5.69 Å². The van der Waals surface area contributed by atoms with Gasteiger partial charge in [-0.2, -0.15) is 0 Å². The summed E-state index contributed by atoms with van der Waals surface area (Å²) in [6, 6.07) is 4.63. The van der Waals surface area contributed by atoms with Crippen molar-refractivity contribution in [3.63, 3.8) is 0 Å². The molecule has 0 fully saturated rings. The number of nitrogens with zero attached hydrogens (tertiary/aromatic N) is 2. The van der Waals surface area contributed by atoms with Gasteiger partial charge in [-0.05, 0) is 18.2 Å². The number of carbonyl (C=O) groups is 2. The number of anilines is 1. The minimum absolute atomic E-state index is 0.219. The second-order valence-corrected chi connectivity index (χ2v) is 6.22. The summed E-state index contributed by atoms with van der Waals surface area (Å²) in [6.45, 7) is 0. The number of halogens is 1. The van der Waals surface area contributed by atoms with Crippen LogP contribution in [0, 0.1) is 0 Å². The van der Waals surface area contributed by atoms with Crippen LogP contribution in [0.15, 0.2) is 30.6 Å². The van der Waals surface area contributed by atoms with Gasteiger partial charge in [0, 0.05) is 18.0 Å². The molecule has 0 bridgehead atoms.